The fourth-order valence-corrected chi connectivity index (χ4v) is 2.91. The molecule has 0 aromatic heterocycles. The molecule has 0 spiro atoms. The van der Waals surface area contributed by atoms with Crippen LogP contribution in [0.1, 0.15) is 52.9 Å². The lowest BCUT2D eigenvalue weighted by molar-refractivity contribution is 0.160. The van der Waals surface area contributed by atoms with E-state index in [9.17, 15) is 0 Å². The van der Waals surface area contributed by atoms with Gasteiger partial charge in [0.05, 0.1) is 12.1 Å². The average Bonchev–Trinajstić information content (AvgIpc) is 2.33. The third-order valence-electron chi connectivity index (χ3n) is 3.99. The van der Waals surface area contributed by atoms with Crippen LogP contribution in [-0.2, 0) is 0 Å². The smallest absolute Gasteiger partial charge is 0.0967 e. The summed E-state index contributed by atoms with van der Waals surface area (Å²) < 4.78 is 0. The highest BCUT2D eigenvalue weighted by atomic mass is 15.1. The molecule has 0 heterocycles. The molecule has 1 fully saturated rings. The summed E-state index contributed by atoms with van der Waals surface area (Å²) in [5, 5.41) is 12.4. The molecular weight excluding hydrogens is 222 g/mol. The van der Waals surface area contributed by atoms with E-state index in [1.54, 1.807) is 0 Å². The van der Waals surface area contributed by atoms with Gasteiger partial charge in [-0.25, -0.2) is 0 Å². The molecular formula is C15H29N3. The summed E-state index contributed by atoms with van der Waals surface area (Å²) in [7, 11) is 2.21. The van der Waals surface area contributed by atoms with Gasteiger partial charge in [-0.05, 0) is 46.1 Å². The van der Waals surface area contributed by atoms with E-state index in [4.69, 9.17) is 5.26 Å². The van der Waals surface area contributed by atoms with Gasteiger partial charge in [0.15, 0.2) is 0 Å². The maximum atomic E-state index is 9.11. The number of rotatable bonds is 6. The maximum absolute atomic E-state index is 9.11. The number of nitriles is 1. The fraction of sp³-hybridized carbons (Fsp3) is 0.933. The monoisotopic (exact) mass is 251 g/mol. The normalized spacial score (nSPS) is 26.3. The molecule has 1 saturated carbocycles. The summed E-state index contributed by atoms with van der Waals surface area (Å²) >= 11 is 0. The first-order chi connectivity index (χ1) is 8.52. The average molecular weight is 251 g/mol. The summed E-state index contributed by atoms with van der Waals surface area (Å²) in [5.41, 5.74) is 0. The van der Waals surface area contributed by atoms with Crippen molar-refractivity contribution in [2.24, 2.45) is 5.92 Å². The Hall–Kier alpha value is -0.590. The Bertz CT molecular complexity index is 269. The van der Waals surface area contributed by atoms with Crippen LogP contribution in [0.4, 0.5) is 0 Å². The minimum atomic E-state index is -0.00605. The summed E-state index contributed by atoms with van der Waals surface area (Å²) in [6, 6.07) is 3.47. The van der Waals surface area contributed by atoms with Gasteiger partial charge in [-0.2, -0.15) is 5.26 Å². The molecule has 104 valence electrons. The Labute approximate surface area is 113 Å². The van der Waals surface area contributed by atoms with E-state index in [0.717, 1.165) is 24.9 Å². The van der Waals surface area contributed by atoms with Crippen LogP contribution < -0.4 is 5.32 Å². The van der Waals surface area contributed by atoms with E-state index in [2.05, 4.69) is 44.1 Å². The molecule has 1 aliphatic carbocycles. The minimum Gasteiger partial charge on any atom is -0.303 e. The van der Waals surface area contributed by atoms with Gasteiger partial charge < -0.3 is 4.90 Å². The zero-order valence-electron chi connectivity index (χ0n) is 12.4. The second kappa shape index (κ2) is 7.76. The Morgan fingerprint density at radius 2 is 2.11 bits per heavy atom. The van der Waals surface area contributed by atoms with Crippen molar-refractivity contribution in [1.29, 1.82) is 5.26 Å². The summed E-state index contributed by atoms with van der Waals surface area (Å²) in [6.45, 7) is 7.57. The number of hydrogen-bond donors (Lipinski definition) is 1. The first-order valence-corrected chi connectivity index (χ1v) is 7.38. The van der Waals surface area contributed by atoms with Crippen LogP contribution in [0.25, 0.3) is 0 Å². The number of nitrogens with one attached hydrogen (secondary N) is 1. The second-order valence-corrected chi connectivity index (χ2v) is 6.20. The zero-order chi connectivity index (χ0) is 13.5. The topological polar surface area (TPSA) is 39.1 Å². The van der Waals surface area contributed by atoms with Crippen molar-refractivity contribution in [2.75, 3.05) is 13.6 Å². The molecule has 0 amide bonds. The molecule has 1 rings (SSSR count). The molecule has 0 bridgehead atoms. The Kier molecular flexibility index (Phi) is 6.67. The van der Waals surface area contributed by atoms with Crippen LogP contribution in [0.2, 0.25) is 0 Å². The predicted molar refractivity (Wildman–Crippen MR) is 76.3 cm³/mol. The first-order valence-electron chi connectivity index (χ1n) is 7.38. The van der Waals surface area contributed by atoms with Crippen molar-refractivity contribution in [3.63, 3.8) is 0 Å². The first kappa shape index (κ1) is 15.5. The van der Waals surface area contributed by atoms with Crippen LogP contribution >= 0.6 is 0 Å². The van der Waals surface area contributed by atoms with Gasteiger partial charge in [0, 0.05) is 18.6 Å². The van der Waals surface area contributed by atoms with Gasteiger partial charge in [0.2, 0.25) is 0 Å². The number of nitrogens with zero attached hydrogens (tertiary/aromatic N) is 2. The van der Waals surface area contributed by atoms with Crippen molar-refractivity contribution in [1.82, 2.24) is 10.2 Å². The fourth-order valence-electron chi connectivity index (χ4n) is 2.91. The molecule has 0 aromatic rings. The van der Waals surface area contributed by atoms with Crippen LogP contribution in [0.3, 0.4) is 0 Å². The molecule has 3 nitrogen and oxygen atoms in total. The molecule has 1 N–H and O–H groups in total. The Morgan fingerprint density at radius 3 is 2.67 bits per heavy atom. The summed E-state index contributed by atoms with van der Waals surface area (Å²) in [6.07, 6.45) is 6.33. The van der Waals surface area contributed by atoms with Gasteiger partial charge in [-0.3, -0.25) is 5.32 Å². The zero-order valence-corrected chi connectivity index (χ0v) is 12.4. The van der Waals surface area contributed by atoms with Gasteiger partial charge in [0.25, 0.3) is 0 Å². The highest BCUT2D eigenvalue weighted by molar-refractivity contribution is 4.91. The molecule has 0 aliphatic heterocycles. The minimum absolute atomic E-state index is 0.00605. The Balaban J connectivity index is 2.30. The number of hydrogen-bond acceptors (Lipinski definition) is 3. The largest absolute Gasteiger partial charge is 0.303 e. The van der Waals surface area contributed by atoms with Gasteiger partial charge in [0.1, 0.15) is 0 Å². The van der Waals surface area contributed by atoms with E-state index < -0.39 is 0 Å². The summed E-state index contributed by atoms with van der Waals surface area (Å²) in [4.78, 5) is 2.46. The lowest BCUT2D eigenvalue weighted by Crippen LogP contribution is -2.40. The molecule has 3 atom stereocenters. The summed E-state index contributed by atoms with van der Waals surface area (Å²) in [5.74, 6) is 0.867. The highest BCUT2D eigenvalue weighted by Gasteiger charge is 2.22. The van der Waals surface area contributed by atoms with Crippen LogP contribution in [0.15, 0.2) is 0 Å². The van der Waals surface area contributed by atoms with E-state index in [1.807, 2.05) is 0 Å². The molecule has 1 aliphatic rings. The Morgan fingerprint density at radius 1 is 1.39 bits per heavy atom. The van der Waals surface area contributed by atoms with E-state index in [0.29, 0.717) is 6.04 Å². The quantitative estimate of drug-likeness (QED) is 0.789. The second-order valence-electron chi connectivity index (χ2n) is 6.20. The lowest BCUT2D eigenvalue weighted by Gasteiger charge is -2.34. The molecule has 0 radical (unpaired) electrons. The van der Waals surface area contributed by atoms with Crippen molar-refractivity contribution >= 4 is 0 Å². The molecule has 0 aromatic carbocycles. The SMILES string of the molecule is CC1CCCC(N(C)CCC(C#N)NC(C)C)C1. The van der Waals surface area contributed by atoms with Crippen LogP contribution in [0, 0.1) is 17.2 Å². The van der Waals surface area contributed by atoms with Crippen LogP contribution in [-0.4, -0.2) is 36.6 Å². The highest BCUT2D eigenvalue weighted by Crippen LogP contribution is 2.26. The van der Waals surface area contributed by atoms with Crippen molar-refractivity contribution in [3.05, 3.63) is 0 Å². The lowest BCUT2D eigenvalue weighted by atomic mass is 9.86. The van der Waals surface area contributed by atoms with Gasteiger partial charge >= 0.3 is 0 Å². The molecule has 3 heteroatoms. The molecule has 18 heavy (non-hydrogen) atoms. The van der Waals surface area contributed by atoms with Gasteiger partial charge in [-0.15, -0.1) is 0 Å². The van der Waals surface area contributed by atoms with Crippen molar-refractivity contribution < 1.29 is 0 Å². The van der Waals surface area contributed by atoms with Crippen molar-refractivity contribution in [3.8, 4) is 6.07 Å². The third-order valence-corrected chi connectivity index (χ3v) is 3.99. The van der Waals surface area contributed by atoms with Crippen LogP contribution in [0.5, 0.6) is 0 Å². The molecule has 0 saturated heterocycles. The maximum Gasteiger partial charge on any atom is 0.0967 e. The standard InChI is InChI=1S/C15H29N3/c1-12(2)17-14(11-16)8-9-18(4)15-7-5-6-13(3)10-15/h12-15,17H,5-10H2,1-4H3. The predicted octanol–water partition coefficient (Wildman–Crippen LogP) is 2.78. The molecule has 3 unspecified atom stereocenters. The van der Waals surface area contributed by atoms with E-state index in [-0.39, 0.29) is 6.04 Å². The van der Waals surface area contributed by atoms with E-state index in [1.165, 1.54) is 25.7 Å². The third kappa shape index (κ3) is 5.37. The van der Waals surface area contributed by atoms with Gasteiger partial charge in [-0.1, -0.05) is 19.8 Å². The van der Waals surface area contributed by atoms with Crippen molar-refractivity contribution in [2.45, 2.75) is 71.0 Å². The van der Waals surface area contributed by atoms with E-state index >= 15 is 0 Å².